The van der Waals surface area contributed by atoms with Crippen molar-refractivity contribution in [3.8, 4) is 11.5 Å². The van der Waals surface area contributed by atoms with Crippen LogP contribution in [0.5, 0.6) is 11.5 Å². The van der Waals surface area contributed by atoms with Gasteiger partial charge in [0.2, 0.25) is 0 Å². The van der Waals surface area contributed by atoms with Crippen molar-refractivity contribution in [1.29, 1.82) is 0 Å². The molecule has 0 saturated carbocycles. The summed E-state index contributed by atoms with van der Waals surface area (Å²) >= 11 is 6.33. The number of rotatable bonds is 4. The molecule has 2 nitrogen and oxygen atoms in total. The molecule has 0 amide bonds. The van der Waals surface area contributed by atoms with Gasteiger partial charge in [-0.15, -0.1) is 0 Å². The summed E-state index contributed by atoms with van der Waals surface area (Å²) in [5, 5.41) is 3.08. The number of halogens is 1. The number of allylic oxidation sites excluding steroid dienone is 2. The second kappa shape index (κ2) is 6.45. The number of ether oxygens (including phenoxy) is 2. The van der Waals surface area contributed by atoms with Crippen molar-refractivity contribution in [3.63, 3.8) is 0 Å². The van der Waals surface area contributed by atoms with Crippen LogP contribution < -0.4 is 9.47 Å². The topological polar surface area (TPSA) is 18.5 Å². The van der Waals surface area contributed by atoms with Crippen LogP contribution in [0.15, 0.2) is 35.4 Å². The molecule has 3 rings (SSSR count). The monoisotopic (exact) mass is 330 g/mol. The molecule has 1 aliphatic rings. The highest BCUT2D eigenvalue weighted by Gasteiger charge is 2.24. The van der Waals surface area contributed by atoms with E-state index >= 15 is 0 Å². The summed E-state index contributed by atoms with van der Waals surface area (Å²) in [6, 6.07) is 8.31. The lowest BCUT2D eigenvalue weighted by molar-refractivity contribution is 0.236. The first-order valence-corrected chi connectivity index (χ1v) is 8.59. The van der Waals surface area contributed by atoms with Gasteiger partial charge in [0, 0.05) is 33.4 Å². The van der Waals surface area contributed by atoms with E-state index < -0.39 is 0 Å². The molecule has 2 aromatic rings. The highest BCUT2D eigenvalue weighted by Crippen LogP contribution is 2.45. The van der Waals surface area contributed by atoms with Gasteiger partial charge in [0.05, 0.1) is 12.2 Å². The normalized spacial score (nSPS) is 14.1. The fourth-order valence-corrected chi connectivity index (χ4v) is 3.29. The Balaban J connectivity index is 2.31. The zero-order valence-corrected chi connectivity index (χ0v) is 14.9. The van der Waals surface area contributed by atoms with Gasteiger partial charge >= 0.3 is 0 Å². The van der Waals surface area contributed by atoms with E-state index in [1.54, 1.807) is 0 Å². The van der Waals surface area contributed by atoms with Crippen molar-refractivity contribution >= 4 is 22.4 Å². The molecule has 2 aromatic carbocycles. The third kappa shape index (κ3) is 3.18. The highest BCUT2D eigenvalue weighted by molar-refractivity contribution is 6.30. The molecule has 0 heterocycles. The van der Waals surface area contributed by atoms with E-state index in [0.29, 0.717) is 6.42 Å². The Hall–Kier alpha value is -1.67. The van der Waals surface area contributed by atoms with Crippen LogP contribution in [0.2, 0.25) is 0 Å². The van der Waals surface area contributed by atoms with Gasteiger partial charge in [-0.3, -0.25) is 0 Å². The maximum Gasteiger partial charge on any atom is 0.131 e. The number of benzene rings is 2. The van der Waals surface area contributed by atoms with Crippen LogP contribution in [0.1, 0.15) is 38.8 Å². The molecule has 122 valence electrons. The number of hydrogen-bond acceptors (Lipinski definition) is 2. The molecule has 0 fully saturated rings. The van der Waals surface area contributed by atoms with E-state index in [0.717, 1.165) is 33.7 Å². The van der Waals surface area contributed by atoms with Crippen LogP contribution in [-0.4, -0.2) is 12.2 Å². The van der Waals surface area contributed by atoms with Crippen molar-refractivity contribution in [1.82, 2.24) is 0 Å². The van der Waals surface area contributed by atoms with Gasteiger partial charge in [-0.25, -0.2) is 0 Å². The third-order valence-electron chi connectivity index (χ3n) is 3.91. The summed E-state index contributed by atoms with van der Waals surface area (Å²) < 4.78 is 12.4. The van der Waals surface area contributed by atoms with E-state index in [4.69, 9.17) is 21.1 Å². The molecule has 0 aliphatic heterocycles. The Labute approximate surface area is 143 Å². The van der Waals surface area contributed by atoms with Crippen LogP contribution in [-0.2, 0) is 12.8 Å². The van der Waals surface area contributed by atoms with E-state index in [1.165, 1.54) is 11.1 Å². The molecule has 23 heavy (non-hydrogen) atoms. The first-order chi connectivity index (χ1) is 11.0. The molecule has 0 atom stereocenters. The van der Waals surface area contributed by atoms with Gasteiger partial charge in [-0.1, -0.05) is 41.9 Å². The molecule has 0 unspecified atom stereocenters. The third-order valence-corrected chi connectivity index (χ3v) is 4.20. The van der Waals surface area contributed by atoms with E-state index in [-0.39, 0.29) is 12.2 Å². The fourth-order valence-electron chi connectivity index (χ4n) is 3.08. The van der Waals surface area contributed by atoms with Crippen molar-refractivity contribution in [2.75, 3.05) is 0 Å². The maximum absolute atomic E-state index is 6.33. The van der Waals surface area contributed by atoms with Gasteiger partial charge in [-0.05, 0) is 34.1 Å². The zero-order valence-electron chi connectivity index (χ0n) is 14.2. The van der Waals surface area contributed by atoms with Crippen LogP contribution in [0.25, 0.3) is 10.8 Å². The summed E-state index contributed by atoms with van der Waals surface area (Å²) in [4.78, 5) is 0. The largest absolute Gasteiger partial charge is 0.490 e. The Morgan fingerprint density at radius 2 is 1.39 bits per heavy atom. The van der Waals surface area contributed by atoms with Gasteiger partial charge in [0.1, 0.15) is 11.5 Å². The van der Waals surface area contributed by atoms with E-state index in [9.17, 15) is 0 Å². The average Bonchev–Trinajstić information content (AvgIpc) is 2.49. The Kier molecular flexibility index (Phi) is 4.54. The lowest BCUT2D eigenvalue weighted by Crippen LogP contribution is -2.14. The number of hydrogen-bond donors (Lipinski definition) is 0. The molecular formula is C20H23ClO2. The molecule has 3 heteroatoms. The minimum absolute atomic E-state index is 0.115. The van der Waals surface area contributed by atoms with Crippen molar-refractivity contribution in [3.05, 3.63) is 46.5 Å². The second-order valence-electron chi connectivity index (χ2n) is 6.53. The Morgan fingerprint density at radius 3 is 1.91 bits per heavy atom. The number of fused-ring (bicyclic) bond motifs is 2. The first kappa shape index (κ1) is 16.2. The summed E-state index contributed by atoms with van der Waals surface area (Å²) in [6.45, 7) is 8.23. The summed E-state index contributed by atoms with van der Waals surface area (Å²) in [7, 11) is 0. The highest BCUT2D eigenvalue weighted by atomic mass is 35.5. The second-order valence-corrected chi connectivity index (χ2v) is 7.01. The molecular weight excluding hydrogens is 308 g/mol. The van der Waals surface area contributed by atoms with Crippen LogP contribution in [0.4, 0.5) is 0 Å². The van der Waals surface area contributed by atoms with Crippen molar-refractivity contribution in [2.24, 2.45) is 0 Å². The fraction of sp³-hybridized carbons (Fsp3) is 0.400. The first-order valence-electron chi connectivity index (χ1n) is 8.21. The zero-order chi connectivity index (χ0) is 16.6. The quantitative estimate of drug-likeness (QED) is 0.722. The lowest BCUT2D eigenvalue weighted by atomic mass is 9.90. The van der Waals surface area contributed by atoms with E-state index in [1.807, 2.05) is 12.1 Å². The van der Waals surface area contributed by atoms with E-state index in [2.05, 4.69) is 45.9 Å². The molecule has 0 N–H and O–H groups in total. The van der Waals surface area contributed by atoms with Crippen molar-refractivity contribution in [2.45, 2.75) is 52.7 Å². The molecule has 0 radical (unpaired) electrons. The predicted octanol–water partition coefficient (Wildman–Crippen LogP) is 5.64. The molecule has 1 aliphatic carbocycles. The van der Waals surface area contributed by atoms with Gasteiger partial charge in [0.25, 0.3) is 0 Å². The predicted molar refractivity (Wildman–Crippen MR) is 96.8 cm³/mol. The minimum Gasteiger partial charge on any atom is -0.490 e. The van der Waals surface area contributed by atoms with Gasteiger partial charge in [-0.2, -0.15) is 0 Å². The maximum atomic E-state index is 6.33. The Morgan fingerprint density at radius 1 is 0.870 bits per heavy atom. The van der Waals surface area contributed by atoms with Crippen molar-refractivity contribution < 1.29 is 9.47 Å². The molecule has 0 spiro atoms. The van der Waals surface area contributed by atoms with Gasteiger partial charge in [0.15, 0.2) is 0 Å². The standard InChI is InChI=1S/C20H23ClO2/c1-12(2)22-19-15-7-5-6-8-16(15)20(23-13(3)4)18-11-14(21)9-10-17(18)19/h5-9,12-13H,10-11H2,1-4H3. The average molecular weight is 331 g/mol. The van der Waals surface area contributed by atoms with Crippen LogP contribution in [0.3, 0.4) is 0 Å². The summed E-state index contributed by atoms with van der Waals surface area (Å²) in [5.41, 5.74) is 2.37. The van der Waals surface area contributed by atoms with Crippen LogP contribution in [0, 0.1) is 0 Å². The molecule has 0 aromatic heterocycles. The summed E-state index contributed by atoms with van der Waals surface area (Å²) in [5.74, 6) is 1.93. The lowest BCUT2D eigenvalue weighted by Gasteiger charge is -2.26. The smallest absolute Gasteiger partial charge is 0.131 e. The summed E-state index contributed by atoms with van der Waals surface area (Å²) in [6.07, 6.45) is 3.81. The van der Waals surface area contributed by atoms with Crippen LogP contribution >= 0.6 is 11.6 Å². The molecule has 0 saturated heterocycles. The van der Waals surface area contributed by atoms with Gasteiger partial charge < -0.3 is 9.47 Å². The minimum atomic E-state index is 0.115. The Bertz CT molecular complexity index is 760. The SMILES string of the molecule is CC(C)Oc1c2c(c(OC(C)C)c3ccccc13)CC(Cl)=CC2. The molecule has 0 bridgehead atoms.